The van der Waals surface area contributed by atoms with Crippen molar-refractivity contribution in [3.63, 3.8) is 0 Å². The van der Waals surface area contributed by atoms with Crippen LogP contribution in [0, 0.1) is 11.7 Å². The lowest BCUT2D eigenvalue weighted by molar-refractivity contribution is -0.143. The second kappa shape index (κ2) is 13.9. The highest BCUT2D eigenvalue weighted by Gasteiger charge is 2.48. The number of fused-ring (bicyclic) bond motifs is 1. The molecule has 2 aliphatic heterocycles. The van der Waals surface area contributed by atoms with Gasteiger partial charge in [0.15, 0.2) is 21.3 Å². The summed E-state index contributed by atoms with van der Waals surface area (Å²) in [4.78, 5) is 29.0. The van der Waals surface area contributed by atoms with Gasteiger partial charge in [0.25, 0.3) is 0 Å². The zero-order valence-electron chi connectivity index (χ0n) is 27.6. The molecule has 9 nitrogen and oxygen atoms in total. The third-order valence-corrected chi connectivity index (χ3v) is 12.0. The van der Waals surface area contributed by atoms with Gasteiger partial charge in [0.1, 0.15) is 5.82 Å². The highest BCUT2D eigenvalue weighted by molar-refractivity contribution is 7.91. The molecule has 1 saturated carbocycles. The van der Waals surface area contributed by atoms with Crippen LogP contribution >= 0.6 is 0 Å². The molecule has 3 atom stereocenters. The summed E-state index contributed by atoms with van der Waals surface area (Å²) in [6.07, 6.45) is 4.69. The molecule has 11 heteroatoms. The summed E-state index contributed by atoms with van der Waals surface area (Å²) >= 11 is 0. The number of hydrogen-bond donors (Lipinski definition) is 2. The van der Waals surface area contributed by atoms with Crippen molar-refractivity contribution < 1.29 is 37.0 Å². The first-order valence-electron chi connectivity index (χ1n) is 16.9. The van der Waals surface area contributed by atoms with E-state index in [1.54, 1.807) is 19.1 Å². The van der Waals surface area contributed by atoms with Crippen LogP contribution in [0.1, 0.15) is 92.1 Å². The van der Waals surface area contributed by atoms with Crippen molar-refractivity contribution in [1.29, 1.82) is 0 Å². The summed E-state index contributed by atoms with van der Waals surface area (Å²) in [6.45, 7) is 5.85. The summed E-state index contributed by atoms with van der Waals surface area (Å²) in [6, 6.07) is 12.4. The molecule has 0 aromatic heterocycles. The Balaban J connectivity index is 1.38. The van der Waals surface area contributed by atoms with E-state index in [-0.39, 0.29) is 42.3 Å². The average molecular weight is 679 g/mol. The number of carbonyl (C=O) groups is 2. The number of likely N-dealkylation sites (tertiary alicyclic amines) is 1. The Morgan fingerprint density at radius 2 is 1.67 bits per heavy atom. The zero-order chi connectivity index (χ0) is 34.2. The zero-order valence-corrected chi connectivity index (χ0v) is 28.4. The number of rotatable bonds is 12. The lowest BCUT2D eigenvalue weighted by Gasteiger charge is -2.28. The molecule has 256 valence electrons. The molecule has 3 aromatic carbocycles. The Morgan fingerprint density at radius 1 is 0.979 bits per heavy atom. The SMILES string of the molecule is CCCS(=O)(=O)c1ccc([C@H]2[C@H](C(=O)O)[C@@H](c3cc4c(c(C5CCC5)c3)OCO4)CN2CC(=O)Nc2c(CC)cc(F)cc2CC)cc1. The molecule has 2 heterocycles. The van der Waals surface area contributed by atoms with Crippen LogP contribution in [0.3, 0.4) is 0 Å². The van der Waals surface area contributed by atoms with Gasteiger partial charge in [-0.3, -0.25) is 14.5 Å². The minimum atomic E-state index is -3.48. The molecule has 2 N–H and O–H groups in total. The van der Waals surface area contributed by atoms with Gasteiger partial charge in [0.05, 0.1) is 23.1 Å². The van der Waals surface area contributed by atoms with Crippen LogP contribution < -0.4 is 14.8 Å². The van der Waals surface area contributed by atoms with Crippen LogP contribution in [-0.2, 0) is 32.3 Å². The molecule has 0 radical (unpaired) electrons. The molecule has 1 aliphatic carbocycles. The predicted octanol–water partition coefficient (Wildman–Crippen LogP) is 6.61. The molecule has 1 amide bonds. The maximum Gasteiger partial charge on any atom is 0.309 e. The number of aryl methyl sites for hydroxylation is 2. The number of benzene rings is 3. The van der Waals surface area contributed by atoms with E-state index in [1.165, 1.54) is 24.3 Å². The van der Waals surface area contributed by atoms with Crippen LogP contribution in [0.2, 0.25) is 0 Å². The monoisotopic (exact) mass is 678 g/mol. The summed E-state index contributed by atoms with van der Waals surface area (Å²) in [5.41, 5.74) is 4.41. The Kier molecular flexibility index (Phi) is 9.81. The third kappa shape index (κ3) is 6.54. The van der Waals surface area contributed by atoms with Crippen molar-refractivity contribution in [2.45, 2.75) is 82.1 Å². The first kappa shape index (κ1) is 33.9. The normalized spacial score (nSPS) is 20.9. The van der Waals surface area contributed by atoms with Crippen molar-refractivity contribution in [1.82, 2.24) is 4.90 Å². The summed E-state index contributed by atoms with van der Waals surface area (Å²) in [5, 5.41) is 13.8. The second-order valence-electron chi connectivity index (χ2n) is 13.1. The Labute approximate surface area is 281 Å². The molecule has 0 unspecified atom stereocenters. The van der Waals surface area contributed by atoms with Gasteiger partial charge in [-0.25, -0.2) is 12.8 Å². The third-order valence-electron chi connectivity index (χ3n) is 10.1. The Morgan fingerprint density at radius 3 is 2.25 bits per heavy atom. The highest BCUT2D eigenvalue weighted by atomic mass is 32.2. The number of ether oxygens (including phenoxy) is 2. The molecular weight excluding hydrogens is 635 g/mol. The van der Waals surface area contributed by atoms with Crippen LogP contribution in [-0.4, -0.2) is 55.9 Å². The van der Waals surface area contributed by atoms with Gasteiger partial charge in [-0.1, -0.05) is 45.4 Å². The van der Waals surface area contributed by atoms with Crippen LogP contribution in [0.4, 0.5) is 10.1 Å². The predicted molar refractivity (Wildman–Crippen MR) is 180 cm³/mol. The van der Waals surface area contributed by atoms with Crippen molar-refractivity contribution in [2.24, 2.45) is 5.92 Å². The molecular formula is C37H43FN2O7S. The highest BCUT2D eigenvalue weighted by Crippen LogP contribution is 2.51. The van der Waals surface area contributed by atoms with E-state index in [1.807, 2.05) is 24.8 Å². The number of nitrogens with zero attached hydrogens (tertiary/aromatic N) is 1. The quantitative estimate of drug-likeness (QED) is 0.220. The first-order chi connectivity index (χ1) is 23.0. The topological polar surface area (TPSA) is 122 Å². The lowest BCUT2D eigenvalue weighted by atomic mass is 9.77. The molecule has 3 aromatic rings. The summed E-state index contributed by atoms with van der Waals surface area (Å²) < 4.78 is 51.5. The molecule has 1 saturated heterocycles. The number of carboxylic acids is 1. The number of hydrogen-bond acceptors (Lipinski definition) is 7. The summed E-state index contributed by atoms with van der Waals surface area (Å²) in [5.74, 6) is -1.51. The Hall–Kier alpha value is -3.96. The maximum absolute atomic E-state index is 14.3. The molecule has 3 aliphatic rings. The van der Waals surface area contributed by atoms with Crippen molar-refractivity contribution in [3.8, 4) is 11.5 Å². The molecule has 0 spiro atoms. The number of nitrogens with one attached hydrogen (secondary N) is 1. The van der Waals surface area contributed by atoms with E-state index >= 15 is 0 Å². The minimum absolute atomic E-state index is 0.0121. The van der Waals surface area contributed by atoms with E-state index in [0.717, 1.165) is 36.1 Å². The van der Waals surface area contributed by atoms with Gasteiger partial charge in [0.2, 0.25) is 12.7 Å². The Bertz CT molecular complexity index is 1780. The van der Waals surface area contributed by atoms with E-state index < -0.39 is 33.7 Å². The lowest BCUT2D eigenvalue weighted by Crippen LogP contribution is -2.35. The number of carboxylic acid groups (broad SMARTS) is 1. The van der Waals surface area contributed by atoms with Crippen molar-refractivity contribution >= 4 is 27.4 Å². The number of halogens is 1. The van der Waals surface area contributed by atoms with E-state index in [4.69, 9.17) is 9.47 Å². The smallest absolute Gasteiger partial charge is 0.309 e. The fourth-order valence-corrected chi connectivity index (χ4v) is 8.81. The average Bonchev–Trinajstić information content (AvgIpc) is 3.66. The van der Waals surface area contributed by atoms with Crippen LogP contribution in [0.15, 0.2) is 53.4 Å². The van der Waals surface area contributed by atoms with E-state index in [0.29, 0.717) is 53.3 Å². The van der Waals surface area contributed by atoms with Crippen molar-refractivity contribution in [3.05, 3.63) is 82.2 Å². The molecule has 2 fully saturated rings. The number of amides is 1. The van der Waals surface area contributed by atoms with Crippen molar-refractivity contribution in [2.75, 3.05) is 31.0 Å². The number of carbonyl (C=O) groups excluding carboxylic acids is 1. The standard InChI is InChI=1S/C37H43FN2O7S/c1-4-14-48(44,45)28-12-10-25(11-13-28)35-33(37(42)43)30(26-17-29(24-8-7-9-24)36-31(18-26)46-21-47-36)19-40(35)20-32(41)39-34-22(5-2)15-27(38)16-23(34)6-3/h10-13,15-18,24,30,33,35H,4-9,14,19-21H2,1-3H3,(H,39,41)(H,42,43)/t30-,33-,35+/m1/s1. The fourth-order valence-electron chi connectivity index (χ4n) is 7.49. The molecule has 0 bridgehead atoms. The van der Waals surface area contributed by atoms with Gasteiger partial charge in [-0.05, 0) is 90.6 Å². The van der Waals surface area contributed by atoms with E-state index in [9.17, 15) is 27.5 Å². The van der Waals surface area contributed by atoms with Gasteiger partial charge < -0.3 is 19.9 Å². The minimum Gasteiger partial charge on any atom is -0.481 e. The number of anilines is 1. The molecule has 6 rings (SSSR count). The van der Waals surface area contributed by atoms with E-state index in [2.05, 4.69) is 11.4 Å². The summed E-state index contributed by atoms with van der Waals surface area (Å²) in [7, 11) is -3.48. The van der Waals surface area contributed by atoms with Gasteiger partial charge in [-0.15, -0.1) is 0 Å². The van der Waals surface area contributed by atoms with Gasteiger partial charge >= 0.3 is 5.97 Å². The maximum atomic E-state index is 14.3. The number of aliphatic carboxylic acids is 1. The second-order valence-corrected chi connectivity index (χ2v) is 15.2. The first-order valence-corrected chi connectivity index (χ1v) is 18.5. The van der Waals surface area contributed by atoms with Crippen LogP contribution in [0.5, 0.6) is 11.5 Å². The fraction of sp³-hybridized carbons (Fsp3) is 0.459. The largest absolute Gasteiger partial charge is 0.481 e. The van der Waals surface area contributed by atoms with Gasteiger partial charge in [0, 0.05) is 29.8 Å². The molecule has 48 heavy (non-hydrogen) atoms. The van der Waals surface area contributed by atoms with Gasteiger partial charge in [-0.2, -0.15) is 0 Å². The van der Waals surface area contributed by atoms with Crippen LogP contribution in [0.25, 0.3) is 0 Å². The number of sulfone groups is 1.